The van der Waals surface area contributed by atoms with Gasteiger partial charge in [-0.15, -0.1) is 11.8 Å². The highest BCUT2D eigenvalue weighted by molar-refractivity contribution is 8.00. The van der Waals surface area contributed by atoms with E-state index in [1.807, 2.05) is 0 Å². The number of hydrogen-bond acceptors (Lipinski definition) is 2. The average Bonchev–Trinajstić information content (AvgIpc) is 2.66. The number of hydrogen-bond donors (Lipinski definition) is 1. The molecule has 1 aromatic carbocycles. The van der Waals surface area contributed by atoms with Crippen molar-refractivity contribution in [2.24, 2.45) is 5.92 Å². The molecule has 0 saturated heterocycles. The van der Waals surface area contributed by atoms with E-state index in [2.05, 4.69) is 19.2 Å². The molecule has 18 heavy (non-hydrogen) atoms. The van der Waals surface area contributed by atoms with Gasteiger partial charge in [-0.1, -0.05) is 13.8 Å². The Labute approximate surface area is 111 Å². The van der Waals surface area contributed by atoms with E-state index in [0.29, 0.717) is 22.1 Å². The lowest BCUT2D eigenvalue weighted by Crippen LogP contribution is -2.33. The van der Waals surface area contributed by atoms with Crippen LogP contribution in [0.3, 0.4) is 0 Å². The minimum Gasteiger partial charge on any atom is -0.314 e. The van der Waals surface area contributed by atoms with Crippen LogP contribution in [0.5, 0.6) is 0 Å². The van der Waals surface area contributed by atoms with Crippen LogP contribution in [0.15, 0.2) is 23.1 Å². The van der Waals surface area contributed by atoms with Crippen molar-refractivity contribution < 1.29 is 8.78 Å². The molecule has 0 bridgehead atoms. The van der Waals surface area contributed by atoms with Gasteiger partial charge in [-0.2, -0.15) is 0 Å². The zero-order valence-electron chi connectivity index (χ0n) is 10.7. The van der Waals surface area contributed by atoms with Crippen molar-refractivity contribution >= 4 is 11.8 Å². The Morgan fingerprint density at radius 2 is 2.11 bits per heavy atom. The van der Waals surface area contributed by atoms with E-state index >= 15 is 0 Å². The maximum absolute atomic E-state index is 13.6. The Morgan fingerprint density at radius 3 is 2.78 bits per heavy atom. The highest BCUT2D eigenvalue weighted by Crippen LogP contribution is 2.39. The second-order valence-electron chi connectivity index (χ2n) is 4.83. The Kier molecular flexibility index (Phi) is 4.62. The molecule has 1 aromatic rings. The quantitative estimate of drug-likeness (QED) is 0.893. The van der Waals surface area contributed by atoms with Crippen LogP contribution >= 0.6 is 11.8 Å². The predicted octanol–water partition coefficient (Wildman–Crippen LogP) is 3.83. The summed E-state index contributed by atoms with van der Waals surface area (Å²) in [5.74, 6) is -0.444. The van der Waals surface area contributed by atoms with Gasteiger partial charge in [0.1, 0.15) is 11.6 Å². The maximum atomic E-state index is 13.6. The van der Waals surface area contributed by atoms with Crippen molar-refractivity contribution in [3.8, 4) is 0 Å². The molecule has 1 N–H and O–H groups in total. The number of benzene rings is 1. The van der Waals surface area contributed by atoms with Gasteiger partial charge in [-0.25, -0.2) is 8.78 Å². The van der Waals surface area contributed by atoms with Gasteiger partial charge in [-0.3, -0.25) is 0 Å². The average molecular weight is 271 g/mol. The van der Waals surface area contributed by atoms with E-state index in [1.54, 1.807) is 17.8 Å². The Balaban J connectivity index is 2.02. The first-order valence-electron chi connectivity index (χ1n) is 6.47. The fraction of sp³-hybridized carbons (Fsp3) is 0.571. The number of rotatable bonds is 4. The first kappa shape index (κ1) is 13.8. The second-order valence-corrected chi connectivity index (χ2v) is 6.11. The van der Waals surface area contributed by atoms with Crippen LogP contribution in [0.25, 0.3) is 0 Å². The Hall–Kier alpha value is -0.610. The van der Waals surface area contributed by atoms with E-state index < -0.39 is 11.6 Å². The summed E-state index contributed by atoms with van der Waals surface area (Å²) < 4.78 is 26.4. The van der Waals surface area contributed by atoms with Crippen molar-refractivity contribution in [1.29, 1.82) is 0 Å². The van der Waals surface area contributed by atoms with Gasteiger partial charge >= 0.3 is 0 Å². The molecular formula is C14H19F2NS. The van der Waals surface area contributed by atoms with Gasteiger partial charge in [-0.05, 0) is 37.4 Å². The minimum atomic E-state index is -0.512. The molecule has 1 fully saturated rings. The summed E-state index contributed by atoms with van der Waals surface area (Å²) in [6.45, 7) is 5.28. The normalized spacial score (nSPS) is 27.7. The van der Waals surface area contributed by atoms with Crippen molar-refractivity contribution in [2.45, 2.75) is 42.9 Å². The summed E-state index contributed by atoms with van der Waals surface area (Å²) in [4.78, 5) is 0.561. The van der Waals surface area contributed by atoms with Gasteiger partial charge in [0.05, 0.1) is 0 Å². The van der Waals surface area contributed by atoms with Crippen LogP contribution in [0.4, 0.5) is 8.78 Å². The number of nitrogens with one attached hydrogen (secondary N) is 1. The zero-order valence-corrected chi connectivity index (χ0v) is 11.6. The van der Waals surface area contributed by atoms with Gasteiger partial charge in [0, 0.05) is 22.3 Å². The van der Waals surface area contributed by atoms with Gasteiger partial charge in [0.15, 0.2) is 0 Å². The Bertz CT molecular complexity index is 411. The molecule has 0 radical (unpaired) electrons. The van der Waals surface area contributed by atoms with Gasteiger partial charge in [0.2, 0.25) is 0 Å². The van der Waals surface area contributed by atoms with Gasteiger partial charge in [0.25, 0.3) is 0 Å². The van der Waals surface area contributed by atoms with Crippen LogP contribution in [-0.2, 0) is 0 Å². The summed E-state index contributed by atoms with van der Waals surface area (Å²) in [7, 11) is 0. The lowest BCUT2D eigenvalue weighted by atomic mass is 10.1. The van der Waals surface area contributed by atoms with Crippen molar-refractivity contribution in [3.63, 3.8) is 0 Å². The predicted molar refractivity (Wildman–Crippen MR) is 71.9 cm³/mol. The summed E-state index contributed by atoms with van der Waals surface area (Å²) in [6, 6.07) is 4.36. The summed E-state index contributed by atoms with van der Waals surface area (Å²) in [6.07, 6.45) is 2.22. The lowest BCUT2D eigenvalue weighted by molar-refractivity contribution is 0.441. The van der Waals surface area contributed by atoms with Crippen LogP contribution in [-0.4, -0.2) is 17.8 Å². The SMILES string of the molecule is CCNC1CCC(Sc2ccc(F)cc2F)C1C. The second kappa shape index (κ2) is 6.02. The fourth-order valence-corrected chi connectivity index (χ4v) is 3.88. The molecule has 100 valence electrons. The van der Waals surface area contributed by atoms with E-state index in [1.165, 1.54) is 6.07 Å². The van der Waals surface area contributed by atoms with Crippen LogP contribution < -0.4 is 5.32 Å². The van der Waals surface area contributed by atoms with Crippen LogP contribution in [0, 0.1) is 17.6 Å². The van der Waals surface area contributed by atoms with E-state index in [4.69, 9.17) is 0 Å². The number of halogens is 2. The van der Waals surface area contributed by atoms with Gasteiger partial charge < -0.3 is 5.32 Å². The fourth-order valence-electron chi connectivity index (χ4n) is 2.58. The lowest BCUT2D eigenvalue weighted by Gasteiger charge is -2.21. The largest absolute Gasteiger partial charge is 0.314 e. The first-order chi connectivity index (χ1) is 8.61. The summed E-state index contributed by atoms with van der Waals surface area (Å²) in [5, 5.41) is 3.88. The number of thioether (sulfide) groups is 1. The van der Waals surface area contributed by atoms with Crippen molar-refractivity contribution in [2.75, 3.05) is 6.54 Å². The molecule has 0 spiro atoms. The smallest absolute Gasteiger partial charge is 0.139 e. The summed E-state index contributed by atoms with van der Waals surface area (Å²) in [5.41, 5.74) is 0. The molecule has 3 unspecified atom stereocenters. The van der Waals surface area contributed by atoms with E-state index in [9.17, 15) is 8.78 Å². The van der Waals surface area contributed by atoms with Crippen molar-refractivity contribution in [1.82, 2.24) is 5.32 Å². The van der Waals surface area contributed by atoms with Crippen LogP contribution in [0.1, 0.15) is 26.7 Å². The molecule has 0 heterocycles. The molecular weight excluding hydrogens is 252 g/mol. The van der Waals surface area contributed by atoms with Crippen molar-refractivity contribution in [3.05, 3.63) is 29.8 Å². The maximum Gasteiger partial charge on any atom is 0.139 e. The first-order valence-corrected chi connectivity index (χ1v) is 7.35. The zero-order chi connectivity index (χ0) is 13.1. The molecule has 1 aliphatic carbocycles. The third kappa shape index (κ3) is 3.04. The molecule has 0 aliphatic heterocycles. The standard InChI is InChI=1S/C14H19F2NS/c1-3-17-12-5-7-13(9(12)2)18-14-6-4-10(15)8-11(14)16/h4,6,8-9,12-13,17H,3,5,7H2,1-2H3. The molecule has 2 rings (SSSR count). The highest BCUT2D eigenvalue weighted by Gasteiger charge is 2.33. The molecule has 1 saturated carbocycles. The Morgan fingerprint density at radius 1 is 1.33 bits per heavy atom. The highest BCUT2D eigenvalue weighted by atomic mass is 32.2. The molecule has 1 aliphatic rings. The minimum absolute atomic E-state index is 0.411. The van der Waals surface area contributed by atoms with Crippen LogP contribution in [0.2, 0.25) is 0 Å². The molecule has 1 nitrogen and oxygen atoms in total. The molecule has 0 aromatic heterocycles. The monoisotopic (exact) mass is 271 g/mol. The topological polar surface area (TPSA) is 12.0 Å². The molecule has 3 atom stereocenters. The molecule has 0 amide bonds. The third-order valence-corrected chi connectivity index (χ3v) is 5.17. The van der Waals surface area contributed by atoms with E-state index in [-0.39, 0.29) is 0 Å². The summed E-state index contributed by atoms with van der Waals surface area (Å²) >= 11 is 1.54. The van der Waals surface area contributed by atoms with E-state index in [0.717, 1.165) is 25.5 Å². The third-order valence-electron chi connectivity index (χ3n) is 3.62. The molecule has 4 heteroatoms.